The summed E-state index contributed by atoms with van der Waals surface area (Å²) in [5.41, 5.74) is -0.400. The van der Waals surface area contributed by atoms with Crippen molar-refractivity contribution in [2.24, 2.45) is 0 Å². The van der Waals surface area contributed by atoms with E-state index in [0.29, 0.717) is 21.1 Å². The molecule has 8 heteroatoms. The fourth-order valence-electron chi connectivity index (χ4n) is 3.53. The van der Waals surface area contributed by atoms with Crippen LogP contribution in [-0.4, -0.2) is 15.3 Å². The molecule has 0 amide bonds. The molecular formula is C19H17F3N2OS2. The van der Waals surface area contributed by atoms with Crippen LogP contribution < -0.4 is 5.56 Å². The summed E-state index contributed by atoms with van der Waals surface area (Å²) in [6, 6.07) is 5.21. The number of thioether (sulfide) groups is 1. The predicted octanol–water partition coefficient (Wildman–Crippen LogP) is 5.46. The summed E-state index contributed by atoms with van der Waals surface area (Å²) in [5, 5.41) is 0.803. The first kappa shape index (κ1) is 18.6. The Morgan fingerprint density at radius 3 is 2.70 bits per heavy atom. The third-order valence-electron chi connectivity index (χ3n) is 4.68. The van der Waals surface area contributed by atoms with E-state index in [2.05, 4.69) is 4.98 Å². The Morgan fingerprint density at radius 1 is 1.22 bits per heavy atom. The van der Waals surface area contributed by atoms with E-state index in [0.717, 1.165) is 46.8 Å². The van der Waals surface area contributed by atoms with Crippen molar-refractivity contribution in [3.63, 3.8) is 0 Å². The maximum absolute atomic E-state index is 13.6. The lowest BCUT2D eigenvalue weighted by atomic mass is 9.97. The van der Waals surface area contributed by atoms with Gasteiger partial charge in [0.1, 0.15) is 4.83 Å². The average molecular weight is 410 g/mol. The van der Waals surface area contributed by atoms with Crippen LogP contribution in [0.25, 0.3) is 15.9 Å². The molecule has 3 aromatic rings. The first-order valence-corrected chi connectivity index (χ1v) is 10.6. The lowest BCUT2D eigenvalue weighted by molar-refractivity contribution is -0.137. The molecule has 142 valence electrons. The minimum absolute atomic E-state index is 0.156. The third-order valence-corrected chi connectivity index (χ3v) is 6.69. The molecule has 0 saturated carbocycles. The van der Waals surface area contributed by atoms with Crippen molar-refractivity contribution in [3.8, 4) is 5.69 Å². The van der Waals surface area contributed by atoms with Crippen LogP contribution in [0.15, 0.2) is 34.2 Å². The van der Waals surface area contributed by atoms with Crippen LogP contribution in [0, 0.1) is 0 Å². The first-order valence-electron chi connectivity index (χ1n) is 8.78. The van der Waals surface area contributed by atoms with Crippen LogP contribution in [0.5, 0.6) is 0 Å². The molecule has 0 bridgehead atoms. The highest BCUT2D eigenvalue weighted by Gasteiger charge is 2.35. The Kier molecular flexibility index (Phi) is 4.80. The van der Waals surface area contributed by atoms with Gasteiger partial charge < -0.3 is 0 Å². The van der Waals surface area contributed by atoms with Gasteiger partial charge in [0.2, 0.25) is 0 Å². The summed E-state index contributed by atoms with van der Waals surface area (Å²) < 4.78 is 41.9. The molecule has 0 fully saturated rings. The van der Waals surface area contributed by atoms with Crippen LogP contribution in [0.2, 0.25) is 0 Å². The van der Waals surface area contributed by atoms with Gasteiger partial charge in [-0.15, -0.1) is 11.3 Å². The Bertz CT molecular complexity index is 1070. The van der Waals surface area contributed by atoms with Gasteiger partial charge in [-0.2, -0.15) is 13.2 Å². The van der Waals surface area contributed by atoms with E-state index in [9.17, 15) is 18.0 Å². The molecule has 2 heterocycles. The van der Waals surface area contributed by atoms with E-state index in [4.69, 9.17) is 0 Å². The van der Waals surface area contributed by atoms with Crippen molar-refractivity contribution in [3.05, 3.63) is 50.6 Å². The summed E-state index contributed by atoms with van der Waals surface area (Å²) in [4.78, 5) is 19.8. The standard InChI is InChI=1S/C19H17F3N2OS2/c1-2-26-18-23-16-15(11-7-3-6-10-14(11)27-16)17(25)24(18)13-9-5-4-8-12(13)19(20,21)22/h4-5,8-9H,2-3,6-7,10H2,1H3. The van der Waals surface area contributed by atoms with Crippen molar-refractivity contribution < 1.29 is 13.2 Å². The van der Waals surface area contributed by atoms with Crippen LogP contribution >= 0.6 is 23.1 Å². The number of halogens is 3. The normalized spacial score (nSPS) is 14.5. The molecule has 27 heavy (non-hydrogen) atoms. The molecule has 0 spiro atoms. The molecule has 0 radical (unpaired) electrons. The van der Waals surface area contributed by atoms with E-state index < -0.39 is 17.3 Å². The first-order chi connectivity index (χ1) is 12.9. The number of aromatic nitrogens is 2. The van der Waals surface area contributed by atoms with Crippen molar-refractivity contribution in [1.29, 1.82) is 0 Å². The quantitative estimate of drug-likeness (QED) is 0.425. The van der Waals surface area contributed by atoms with Gasteiger partial charge >= 0.3 is 6.18 Å². The molecule has 1 aliphatic rings. The summed E-state index contributed by atoms with van der Waals surface area (Å²) in [5.74, 6) is 0.608. The molecule has 0 saturated heterocycles. The molecule has 0 N–H and O–H groups in total. The highest BCUT2D eigenvalue weighted by molar-refractivity contribution is 7.99. The molecule has 0 atom stereocenters. The highest BCUT2D eigenvalue weighted by Crippen LogP contribution is 2.37. The van der Waals surface area contributed by atoms with Crippen LogP contribution in [0.1, 0.15) is 35.8 Å². The number of benzene rings is 1. The lowest BCUT2D eigenvalue weighted by Crippen LogP contribution is -2.25. The summed E-state index contributed by atoms with van der Waals surface area (Å²) in [6.45, 7) is 1.89. The second kappa shape index (κ2) is 6.98. The SMILES string of the molecule is CCSc1nc2sc3c(c2c(=O)n1-c1ccccc1C(F)(F)F)CCCC3. The van der Waals surface area contributed by atoms with Crippen molar-refractivity contribution in [2.45, 2.75) is 43.9 Å². The molecule has 2 aromatic heterocycles. The van der Waals surface area contributed by atoms with E-state index in [-0.39, 0.29) is 5.69 Å². The molecule has 0 unspecified atom stereocenters. The van der Waals surface area contributed by atoms with E-state index in [1.807, 2.05) is 6.92 Å². The molecule has 3 nitrogen and oxygen atoms in total. The number of nitrogens with zero attached hydrogens (tertiary/aromatic N) is 2. The minimum Gasteiger partial charge on any atom is -0.268 e. The van der Waals surface area contributed by atoms with Crippen LogP contribution in [0.4, 0.5) is 13.2 Å². The number of rotatable bonds is 3. The largest absolute Gasteiger partial charge is 0.418 e. The Balaban J connectivity index is 2.07. The third kappa shape index (κ3) is 3.18. The average Bonchev–Trinajstić information content (AvgIpc) is 3.00. The zero-order valence-electron chi connectivity index (χ0n) is 14.6. The summed E-state index contributed by atoms with van der Waals surface area (Å²) in [6.07, 6.45) is -0.795. The number of aryl methyl sites for hydroxylation is 2. The number of thiophene rings is 1. The van der Waals surface area contributed by atoms with Gasteiger partial charge in [-0.1, -0.05) is 30.8 Å². The molecular weight excluding hydrogens is 393 g/mol. The Morgan fingerprint density at radius 2 is 1.96 bits per heavy atom. The van der Waals surface area contributed by atoms with Crippen LogP contribution in [-0.2, 0) is 19.0 Å². The highest BCUT2D eigenvalue weighted by atomic mass is 32.2. The molecule has 1 aromatic carbocycles. The molecule has 1 aliphatic carbocycles. The van der Waals surface area contributed by atoms with Gasteiger partial charge in [0.05, 0.1) is 16.6 Å². The minimum atomic E-state index is -4.55. The predicted molar refractivity (Wildman–Crippen MR) is 103 cm³/mol. The maximum Gasteiger partial charge on any atom is 0.418 e. The lowest BCUT2D eigenvalue weighted by Gasteiger charge is -2.17. The fraction of sp³-hybridized carbons (Fsp3) is 0.368. The summed E-state index contributed by atoms with van der Waals surface area (Å²) >= 11 is 2.79. The zero-order chi connectivity index (χ0) is 19.2. The van der Waals surface area contributed by atoms with Gasteiger partial charge in [-0.3, -0.25) is 9.36 Å². The molecule has 0 aliphatic heterocycles. The number of para-hydroxylation sites is 1. The van der Waals surface area contributed by atoms with E-state index in [1.165, 1.54) is 41.3 Å². The second-order valence-corrected chi connectivity index (χ2v) is 8.69. The van der Waals surface area contributed by atoms with Crippen molar-refractivity contribution >= 4 is 33.3 Å². The van der Waals surface area contributed by atoms with Gasteiger partial charge in [0.15, 0.2) is 5.16 Å². The van der Waals surface area contributed by atoms with Gasteiger partial charge in [-0.05, 0) is 49.1 Å². The monoisotopic (exact) mass is 410 g/mol. The zero-order valence-corrected chi connectivity index (χ0v) is 16.2. The van der Waals surface area contributed by atoms with Gasteiger partial charge in [0, 0.05) is 4.88 Å². The molecule has 4 rings (SSSR count). The number of fused-ring (bicyclic) bond motifs is 3. The smallest absolute Gasteiger partial charge is 0.268 e. The van der Waals surface area contributed by atoms with Crippen LogP contribution in [0.3, 0.4) is 0 Å². The van der Waals surface area contributed by atoms with Crippen molar-refractivity contribution in [2.75, 3.05) is 5.75 Å². The Hall–Kier alpha value is -1.80. The van der Waals surface area contributed by atoms with Crippen molar-refractivity contribution in [1.82, 2.24) is 9.55 Å². The van der Waals surface area contributed by atoms with E-state index in [1.54, 1.807) is 0 Å². The fourth-order valence-corrected chi connectivity index (χ4v) is 5.57. The second-order valence-electron chi connectivity index (χ2n) is 6.37. The Labute approximate surface area is 162 Å². The number of alkyl halides is 3. The topological polar surface area (TPSA) is 34.9 Å². The van der Waals surface area contributed by atoms with Gasteiger partial charge in [-0.25, -0.2) is 4.98 Å². The maximum atomic E-state index is 13.6. The number of hydrogen-bond donors (Lipinski definition) is 0. The summed E-state index contributed by atoms with van der Waals surface area (Å²) in [7, 11) is 0. The number of hydrogen-bond acceptors (Lipinski definition) is 4. The van der Waals surface area contributed by atoms with E-state index >= 15 is 0 Å². The van der Waals surface area contributed by atoms with Gasteiger partial charge in [0.25, 0.3) is 5.56 Å².